The molecule has 0 atom stereocenters. The van der Waals surface area contributed by atoms with Crippen LogP contribution in [0, 0.1) is 0 Å². The van der Waals surface area contributed by atoms with Crippen molar-refractivity contribution in [3.63, 3.8) is 0 Å². The molecule has 5 nitrogen and oxygen atoms in total. The van der Waals surface area contributed by atoms with E-state index in [1.807, 2.05) is 12.1 Å². The Morgan fingerprint density at radius 2 is 2.10 bits per heavy atom. The molecule has 114 valence electrons. The van der Waals surface area contributed by atoms with Gasteiger partial charge in [-0.15, -0.1) is 12.4 Å². The molecule has 0 aliphatic rings. The molecule has 0 saturated heterocycles. The Labute approximate surface area is 130 Å². The van der Waals surface area contributed by atoms with Gasteiger partial charge < -0.3 is 20.1 Å². The third kappa shape index (κ3) is 8.98. The molecule has 0 aliphatic carbocycles. The van der Waals surface area contributed by atoms with Crippen LogP contribution in [0.5, 0.6) is 5.75 Å². The Kier molecular flexibility index (Phi) is 11.2. The summed E-state index contributed by atoms with van der Waals surface area (Å²) in [5, 5.41) is 6.33. The highest BCUT2D eigenvalue weighted by molar-refractivity contribution is 6.30. The normalized spacial score (nSPS) is 9.70. The van der Waals surface area contributed by atoms with Gasteiger partial charge in [0.05, 0.1) is 19.7 Å². The number of halogens is 2. The van der Waals surface area contributed by atoms with Crippen LogP contribution >= 0.6 is 24.0 Å². The van der Waals surface area contributed by atoms with Crippen molar-refractivity contribution in [2.24, 2.45) is 0 Å². The molecule has 1 aromatic carbocycles. The molecule has 20 heavy (non-hydrogen) atoms. The number of hydrogen-bond acceptors (Lipinski definition) is 4. The monoisotopic (exact) mass is 322 g/mol. The second-order valence-corrected chi connectivity index (χ2v) is 4.26. The molecular formula is C13H20Cl2N2O3. The quantitative estimate of drug-likeness (QED) is 0.676. The van der Waals surface area contributed by atoms with Crippen molar-refractivity contribution in [3.8, 4) is 5.75 Å². The lowest BCUT2D eigenvalue weighted by molar-refractivity contribution is -0.120. The van der Waals surface area contributed by atoms with E-state index in [1.165, 1.54) is 0 Å². The molecule has 1 aromatic rings. The standard InChI is InChI=1S/C13H19ClN2O3.ClH/c1-18-7-5-15-10-13(17)16-6-8-19-12-4-2-3-11(14)9-12;/h2-4,9,15H,5-8,10H2,1H3,(H,16,17);1H. The van der Waals surface area contributed by atoms with E-state index in [0.717, 1.165) is 0 Å². The smallest absolute Gasteiger partial charge is 0.234 e. The lowest BCUT2D eigenvalue weighted by Gasteiger charge is -2.08. The molecule has 0 saturated carbocycles. The van der Waals surface area contributed by atoms with Crippen LogP contribution in [0.15, 0.2) is 24.3 Å². The number of amides is 1. The predicted molar refractivity (Wildman–Crippen MR) is 82.0 cm³/mol. The first-order chi connectivity index (χ1) is 9.22. The fourth-order valence-corrected chi connectivity index (χ4v) is 1.54. The van der Waals surface area contributed by atoms with Crippen LogP contribution in [0.1, 0.15) is 0 Å². The molecule has 0 unspecified atom stereocenters. The van der Waals surface area contributed by atoms with Crippen molar-refractivity contribution >= 4 is 29.9 Å². The lowest BCUT2D eigenvalue weighted by atomic mass is 10.3. The Morgan fingerprint density at radius 3 is 2.80 bits per heavy atom. The summed E-state index contributed by atoms with van der Waals surface area (Å²) in [4.78, 5) is 11.4. The summed E-state index contributed by atoms with van der Waals surface area (Å²) >= 11 is 5.82. The van der Waals surface area contributed by atoms with Crippen LogP contribution in [-0.4, -0.2) is 45.9 Å². The van der Waals surface area contributed by atoms with Gasteiger partial charge in [-0.2, -0.15) is 0 Å². The number of hydrogen-bond donors (Lipinski definition) is 2. The van der Waals surface area contributed by atoms with Gasteiger partial charge >= 0.3 is 0 Å². The summed E-state index contributed by atoms with van der Waals surface area (Å²) in [7, 11) is 1.62. The summed E-state index contributed by atoms with van der Waals surface area (Å²) in [5.74, 6) is 0.630. The molecule has 1 rings (SSSR count). The molecule has 0 radical (unpaired) electrons. The SMILES string of the molecule is COCCNCC(=O)NCCOc1cccc(Cl)c1.Cl. The van der Waals surface area contributed by atoms with Crippen molar-refractivity contribution in [2.45, 2.75) is 0 Å². The maximum atomic E-state index is 11.4. The van der Waals surface area contributed by atoms with Crippen LogP contribution in [0.2, 0.25) is 5.02 Å². The highest BCUT2D eigenvalue weighted by atomic mass is 35.5. The topological polar surface area (TPSA) is 59.6 Å². The third-order valence-corrected chi connectivity index (χ3v) is 2.49. The van der Waals surface area contributed by atoms with Gasteiger partial charge in [0.15, 0.2) is 0 Å². The van der Waals surface area contributed by atoms with Crippen LogP contribution in [0.25, 0.3) is 0 Å². The van der Waals surface area contributed by atoms with E-state index in [-0.39, 0.29) is 24.9 Å². The summed E-state index contributed by atoms with van der Waals surface area (Å²) in [6, 6.07) is 7.15. The summed E-state index contributed by atoms with van der Waals surface area (Å²) in [6.07, 6.45) is 0. The minimum absolute atomic E-state index is 0. The second-order valence-electron chi connectivity index (χ2n) is 3.83. The van der Waals surface area contributed by atoms with Crippen molar-refractivity contribution in [3.05, 3.63) is 29.3 Å². The fourth-order valence-electron chi connectivity index (χ4n) is 1.35. The van der Waals surface area contributed by atoms with Gasteiger partial charge in [-0.3, -0.25) is 4.79 Å². The van der Waals surface area contributed by atoms with E-state index >= 15 is 0 Å². The summed E-state index contributed by atoms with van der Waals surface area (Å²) in [6.45, 7) is 2.38. The summed E-state index contributed by atoms with van der Waals surface area (Å²) < 4.78 is 10.3. The maximum absolute atomic E-state index is 11.4. The molecule has 0 fully saturated rings. The lowest BCUT2D eigenvalue weighted by Crippen LogP contribution is -2.37. The molecular weight excluding hydrogens is 303 g/mol. The first kappa shape index (κ1) is 19.0. The molecule has 7 heteroatoms. The Hall–Kier alpha value is -1.01. The fraction of sp³-hybridized carbons (Fsp3) is 0.462. The number of rotatable bonds is 9. The molecule has 0 spiro atoms. The van der Waals surface area contributed by atoms with Crippen molar-refractivity contribution in [2.75, 3.05) is 40.0 Å². The largest absolute Gasteiger partial charge is 0.492 e. The number of methoxy groups -OCH3 is 1. The van der Waals surface area contributed by atoms with Crippen molar-refractivity contribution in [1.82, 2.24) is 10.6 Å². The first-order valence-corrected chi connectivity index (χ1v) is 6.45. The van der Waals surface area contributed by atoms with E-state index < -0.39 is 0 Å². The number of carbonyl (C=O) groups excluding carboxylic acids is 1. The molecule has 1 amide bonds. The molecule has 0 aromatic heterocycles. The van der Waals surface area contributed by atoms with Gasteiger partial charge in [0.1, 0.15) is 12.4 Å². The number of ether oxygens (including phenoxy) is 2. The molecule has 0 bridgehead atoms. The third-order valence-electron chi connectivity index (χ3n) is 2.26. The maximum Gasteiger partial charge on any atom is 0.234 e. The average molecular weight is 323 g/mol. The van der Waals surface area contributed by atoms with Crippen molar-refractivity contribution < 1.29 is 14.3 Å². The van der Waals surface area contributed by atoms with Gasteiger partial charge in [-0.05, 0) is 18.2 Å². The predicted octanol–water partition coefficient (Wildman–Crippen LogP) is 1.49. The van der Waals surface area contributed by atoms with E-state index in [0.29, 0.717) is 37.1 Å². The van der Waals surface area contributed by atoms with Gasteiger partial charge in [-0.25, -0.2) is 0 Å². The van der Waals surface area contributed by atoms with Crippen LogP contribution < -0.4 is 15.4 Å². The number of nitrogens with one attached hydrogen (secondary N) is 2. The van der Waals surface area contributed by atoms with Crippen molar-refractivity contribution in [1.29, 1.82) is 0 Å². The Morgan fingerprint density at radius 1 is 1.30 bits per heavy atom. The zero-order valence-corrected chi connectivity index (χ0v) is 12.9. The highest BCUT2D eigenvalue weighted by Crippen LogP contribution is 2.16. The van der Waals surface area contributed by atoms with Gasteiger partial charge in [0.25, 0.3) is 0 Å². The van der Waals surface area contributed by atoms with E-state index in [4.69, 9.17) is 21.1 Å². The van der Waals surface area contributed by atoms with Gasteiger partial charge in [-0.1, -0.05) is 17.7 Å². The van der Waals surface area contributed by atoms with Crippen LogP contribution in [0.3, 0.4) is 0 Å². The second kappa shape index (κ2) is 11.8. The average Bonchev–Trinajstić information content (AvgIpc) is 2.40. The van der Waals surface area contributed by atoms with E-state index in [9.17, 15) is 4.79 Å². The number of carbonyl (C=O) groups is 1. The molecule has 0 aliphatic heterocycles. The first-order valence-electron chi connectivity index (χ1n) is 6.07. The zero-order valence-electron chi connectivity index (χ0n) is 11.4. The zero-order chi connectivity index (χ0) is 13.9. The Balaban J connectivity index is 0.00000361. The van der Waals surface area contributed by atoms with Gasteiger partial charge in [0, 0.05) is 18.7 Å². The molecule has 2 N–H and O–H groups in total. The highest BCUT2D eigenvalue weighted by Gasteiger charge is 2.00. The summed E-state index contributed by atoms with van der Waals surface area (Å²) in [5.41, 5.74) is 0. The van der Waals surface area contributed by atoms with Crippen LogP contribution in [0.4, 0.5) is 0 Å². The van der Waals surface area contributed by atoms with Gasteiger partial charge in [0.2, 0.25) is 5.91 Å². The number of benzene rings is 1. The minimum atomic E-state index is -0.0641. The Bertz CT molecular complexity index is 392. The molecule has 0 heterocycles. The van der Waals surface area contributed by atoms with E-state index in [1.54, 1.807) is 19.2 Å². The van der Waals surface area contributed by atoms with E-state index in [2.05, 4.69) is 10.6 Å². The van der Waals surface area contributed by atoms with Crippen LogP contribution in [-0.2, 0) is 9.53 Å². The minimum Gasteiger partial charge on any atom is -0.492 e.